The van der Waals surface area contributed by atoms with Crippen LogP contribution in [0.1, 0.15) is 48.3 Å². The fourth-order valence-corrected chi connectivity index (χ4v) is 4.54. The number of rotatable bonds is 13. The largest absolute Gasteiger partial charge is 0.478 e. The van der Waals surface area contributed by atoms with E-state index in [1.807, 2.05) is 50.2 Å². The summed E-state index contributed by atoms with van der Waals surface area (Å²) >= 11 is 0. The molecule has 0 radical (unpaired) electrons. The van der Waals surface area contributed by atoms with Gasteiger partial charge in [0.2, 0.25) is 0 Å². The molecular formula is C28H35NO7S. The Hall–Kier alpha value is -3.30. The van der Waals surface area contributed by atoms with Gasteiger partial charge in [-0.3, -0.25) is 4.90 Å². The molecule has 1 heterocycles. The third-order valence-electron chi connectivity index (χ3n) is 5.87. The van der Waals surface area contributed by atoms with Crippen LogP contribution in [0.2, 0.25) is 0 Å². The lowest BCUT2D eigenvalue weighted by atomic mass is 10.0. The molecule has 0 aliphatic carbocycles. The second kappa shape index (κ2) is 11.8. The number of ether oxygens (including phenoxy) is 1. The van der Waals surface area contributed by atoms with E-state index in [4.69, 9.17) is 13.3 Å². The summed E-state index contributed by atoms with van der Waals surface area (Å²) in [4.78, 5) is 13.8. The summed E-state index contributed by atoms with van der Waals surface area (Å²) in [5.41, 5.74) is 2.65. The predicted molar refractivity (Wildman–Crippen MR) is 141 cm³/mol. The maximum atomic E-state index is 11.5. The number of nitrogens with zero attached hydrogens (tertiary/aromatic N) is 1. The molecule has 1 N–H and O–H groups in total. The third-order valence-corrected chi connectivity index (χ3v) is 6.36. The first-order valence-electron chi connectivity index (χ1n) is 12.1. The molecule has 0 unspecified atom stereocenters. The molecule has 0 saturated heterocycles. The lowest BCUT2D eigenvalue weighted by Crippen LogP contribution is -2.38. The molecule has 1 aromatic heterocycles. The highest BCUT2D eigenvalue weighted by Crippen LogP contribution is 2.29. The molecule has 0 aliphatic heterocycles. The second-order valence-corrected chi connectivity index (χ2v) is 11.4. The Balaban J connectivity index is 1.68. The molecule has 0 saturated carbocycles. The maximum absolute atomic E-state index is 11.5. The minimum Gasteiger partial charge on any atom is -0.478 e. The lowest BCUT2D eigenvalue weighted by Gasteiger charge is -2.26. The molecule has 0 spiro atoms. The summed E-state index contributed by atoms with van der Waals surface area (Å²) in [6.07, 6.45) is 4.40. The SMILES string of the molecule is Cc1cc(CN(CCCc2ccc(OS(C)(=O)=O)cc2)Cc2ccco2)cc(C)c1OC(C)(C)C(=O)O. The number of benzene rings is 2. The summed E-state index contributed by atoms with van der Waals surface area (Å²) in [5, 5.41) is 9.43. The molecular weight excluding hydrogens is 494 g/mol. The predicted octanol–water partition coefficient (Wildman–Crippen LogP) is 5.11. The highest BCUT2D eigenvalue weighted by atomic mass is 32.2. The first kappa shape index (κ1) is 28.3. The topological polar surface area (TPSA) is 106 Å². The number of hydrogen-bond acceptors (Lipinski definition) is 7. The quantitative estimate of drug-likeness (QED) is 0.305. The highest BCUT2D eigenvalue weighted by Gasteiger charge is 2.30. The van der Waals surface area contributed by atoms with E-state index in [1.54, 1.807) is 32.2 Å². The molecule has 0 aliphatic rings. The Labute approximate surface area is 218 Å². The van der Waals surface area contributed by atoms with Crippen LogP contribution in [0.15, 0.2) is 59.2 Å². The molecule has 200 valence electrons. The Morgan fingerprint density at radius 3 is 2.22 bits per heavy atom. The van der Waals surface area contributed by atoms with E-state index in [0.29, 0.717) is 24.6 Å². The molecule has 3 aromatic rings. The van der Waals surface area contributed by atoms with Gasteiger partial charge < -0.3 is 18.4 Å². The zero-order chi connectivity index (χ0) is 27.2. The third kappa shape index (κ3) is 8.65. The van der Waals surface area contributed by atoms with Crippen LogP contribution < -0.4 is 8.92 Å². The molecule has 0 amide bonds. The van der Waals surface area contributed by atoms with Crippen LogP contribution in [0.3, 0.4) is 0 Å². The molecule has 37 heavy (non-hydrogen) atoms. The molecule has 8 nitrogen and oxygen atoms in total. The van der Waals surface area contributed by atoms with E-state index < -0.39 is 21.7 Å². The minimum absolute atomic E-state index is 0.301. The molecule has 0 atom stereocenters. The summed E-state index contributed by atoms with van der Waals surface area (Å²) in [6, 6.07) is 15.0. The monoisotopic (exact) mass is 529 g/mol. The van der Waals surface area contributed by atoms with E-state index >= 15 is 0 Å². The summed E-state index contributed by atoms with van der Waals surface area (Å²) in [5.74, 6) is 0.754. The number of hydrogen-bond donors (Lipinski definition) is 1. The van der Waals surface area contributed by atoms with E-state index in [9.17, 15) is 18.3 Å². The first-order valence-corrected chi connectivity index (χ1v) is 13.9. The van der Waals surface area contributed by atoms with Gasteiger partial charge >= 0.3 is 16.1 Å². The molecule has 9 heteroatoms. The fraction of sp³-hybridized carbons (Fsp3) is 0.393. The van der Waals surface area contributed by atoms with E-state index in [1.165, 1.54) is 0 Å². The van der Waals surface area contributed by atoms with Gasteiger partial charge in [0, 0.05) is 6.54 Å². The van der Waals surface area contributed by atoms with Gasteiger partial charge in [0.15, 0.2) is 5.60 Å². The number of aliphatic carboxylic acids is 1. The van der Waals surface area contributed by atoms with Crippen molar-refractivity contribution in [3.8, 4) is 11.5 Å². The highest BCUT2D eigenvalue weighted by molar-refractivity contribution is 7.86. The molecule has 3 rings (SSSR count). The maximum Gasteiger partial charge on any atom is 0.347 e. The van der Waals surface area contributed by atoms with Crippen molar-refractivity contribution < 1.29 is 31.7 Å². The zero-order valence-electron chi connectivity index (χ0n) is 22.0. The van der Waals surface area contributed by atoms with Crippen LogP contribution in [0.4, 0.5) is 0 Å². The van der Waals surface area contributed by atoms with Crippen LogP contribution in [0.5, 0.6) is 11.5 Å². The first-order chi connectivity index (χ1) is 17.3. The molecule has 0 bridgehead atoms. The molecule has 2 aromatic carbocycles. The van der Waals surface area contributed by atoms with Crippen molar-refractivity contribution in [1.82, 2.24) is 4.90 Å². The minimum atomic E-state index is -3.54. The van der Waals surface area contributed by atoms with Crippen LogP contribution in [-0.2, 0) is 34.4 Å². The van der Waals surface area contributed by atoms with Crippen molar-refractivity contribution in [3.05, 3.63) is 82.8 Å². The Morgan fingerprint density at radius 2 is 1.68 bits per heavy atom. The van der Waals surface area contributed by atoms with Crippen molar-refractivity contribution >= 4 is 16.1 Å². The van der Waals surface area contributed by atoms with Gasteiger partial charge in [0.25, 0.3) is 0 Å². The summed E-state index contributed by atoms with van der Waals surface area (Å²) in [6.45, 7) is 9.09. The van der Waals surface area contributed by atoms with Gasteiger partial charge in [0.1, 0.15) is 17.3 Å². The van der Waals surface area contributed by atoms with Gasteiger partial charge in [-0.2, -0.15) is 8.42 Å². The Morgan fingerprint density at radius 1 is 1.03 bits per heavy atom. The van der Waals surface area contributed by atoms with Crippen molar-refractivity contribution in [2.45, 2.75) is 59.2 Å². The van der Waals surface area contributed by atoms with Crippen molar-refractivity contribution in [2.75, 3.05) is 12.8 Å². The van der Waals surface area contributed by atoms with Gasteiger partial charge in [-0.15, -0.1) is 0 Å². The van der Waals surface area contributed by atoms with Gasteiger partial charge in [-0.1, -0.05) is 24.3 Å². The average Bonchev–Trinajstić information content (AvgIpc) is 3.29. The van der Waals surface area contributed by atoms with Gasteiger partial charge in [-0.05, 0) is 93.6 Å². The fourth-order valence-electron chi connectivity index (χ4n) is 4.08. The number of furan rings is 1. The van der Waals surface area contributed by atoms with Crippen LogP contribution in [0, 0.1) is 13.8 Å². The molecule has 0 fully saturated rings. The summed E-state index contributed by atoms with van der Waals surface area (Å²) in [7, 11) is -3.54. The van der Waals surface area contributed by atoms with E-state index in [0.717, 1.165) is 53.7 Å². The summed E-state index contributed by atoms with van der Waals surface area (Å²) < 4.78 is 38.9. The van der Waals surface area contributed by atoms with E-state index in [-0.39, 0.29) is 0 Å². The van der Waals surface area contributed by atoms with Gasteiger partial charge in [0.05, 0.1) is 19.1 Å². The Kier molecular flexibility index (Phi) is 9.04. The smallest absolute Gasteiger partial charge is 0.347 e. The average molecular weight is 530 g/mol. The second-order valence-electron chi connectivity index (χ2n) is 9.80. The lowest BCUT2D eigenvalue weighted by molar-refractivity contribution is -0.152. The van der Waals surface area contributed by atoms with Crippen molar-refractivity contribution in [1.29, 1.82) is 0 Å². The zero-order valence-corrected chi connectivity index (χ0v) is 22.8. The van der Waals surface area contributed by atoms with Crippen molar-refractivity contribution in [2.24, 2.45) is 0 Å². The number of carboxylic acids is 1. The standard InChI is InChI=1S/C28H35NO7S/c1-20-16-23(17-21(2)26(20)35-28(3,4)27(30)31)18-29(19-25-9-7-15-34-25)14-6-8-22-10-12-24(13-11-22)36-37(5,32)33/h7,9-13,15-17H,6,8,14,18-19H2,1-5H3,(H,30,31). The van der Waals surface area contributed by atoms with Crippen molar-refractivity contribution in [3.63, 3.8) is 0 Å². The number of carboxylic acid groups (broad SMARTS) is 1. The number of aryl methyl sites for hydroxylation is 3. The van der Waals surface area contributed by atoms with Crippen LogP contribution in [0.25, 0.3) is 0 Å². The van der Waals surface area contributed by atoms with E-state index in [2.05, 4.69) is 4.90 Å². The van der Waals surface area contributed by atoms with Crippen LogP contribution >= 0.6 is 0 Å². The number of carbonyl (C=O) groups is 1. The van der Waals surface area contributed by atoms with Crippen LogP contribution in [-0.4, -0.2) is 42.8 Å². The normalized spacial score (nSPS) is 12.1. The Bertz CT molecular complexity index is 1270. The van der Waals surface area contributed by atoms with Gasteiger partial charge in [-0.25, -0.2) is 4.79 Å².